The summed E-state index contributed by atoms with van der Waals surface area (Å²) in [6, 6.07) is 9.65. The van der Waals surface area contributed by atoms with Crippen molar-refractivity contribution in [3.05, 3.63) is 52.7 Å². The van der Waals surface area contributed by atoms with Crippen LogP contribution in [-0.2, 0) is 4.74 Å². The number of carbonyl (C=O) groups excluding carboxylic acids is 1. The van der Waals surface area contributed by atoms with E-state index in [9.17, 15) is 4.79 Å². The van der Waals surface area contributed by atoms with E-state index in [1.54, 1.807) is 12.3 Å². The van der Waals surface area contributed by atoms with Gasteiger partial charge in [0.1, 0.15) is 5.82 Å². The standard InChI is InChI=1S/C21H27ClN4O2/c1-3-17(14-24-20-7-5-16(22)13-23-20)25-21(27)18-12-15(2)4-6-19(18)26-8-10-28-11-9-26/h4-7,12-13,17H,3,8-11,14H2,1-2H3,(H,23,24)(H,25,27). The predicted molar refractivity (Wildman–Crippen MR) is 113 cm³/mol. The van der Waals surface area contributed by atoms with E-state index in [1.165, 1.54) is 0 Å². The van der Waals surface area contributed by atoms with Gasteiger partial charge in [0.15, 0.2) is 0 Å². The number of amides is 1. The number of hydrogen-bond donors (Lipinski definition) is 2. The maximum absolute atomic E-state index is 13.1. The second kappa shape index (κ2) is 9.75. The number of pyridine rings is 1. The van der Waals surface area contributed by atoms with Crippen LogP contribution in [0, 0.1) is 6.92 Å². The summed E-state index contributed by atoms with van der Waals surface area (Å²) in [5.41, 5.74) is 2.75. The molecule has 1 aliphatic rings. The molecule has 0 spiro atoms. The Kier molecular flexibility index (Phi) is 7.12. The second-order valence-electron chi connectivity index (χ2n) is 6.94. The van der Waals surface area contributed by atoms with Gasteiger partial charge in [0.2, 0.25) is 0 Å². The summed E-state index contributed by atoms with van der Waals surface area (Å²) < 4.78 is 5.44. The lowest BCUT2D eigenvalue weighted by Gasteiger charge is -2.31. The molecule has 0 bridgehead atoms. The fourth-order valence-electron chi connectivity index (χ4n) is 3.18. The Labute approximate surface area is 171 Å². The number of nitrogens with zero attached hydrogens (tertiary/aromatic N) is 2. The summed E-state index contributed by atoms with van der Waals surface area (Å²) >= 11 is 5.87. The number of benzene rings is 1. The predicted octanol–water partition coefficient (Wildman–Crippen LogP) is 3.50. The summed E-state index contributed by atoms with van der Waals surface area (Å²) in [6.45, 7) is 7.62. The SMILES string of the molecule is CCC(CNc1ccc(Cl)cn1)NC(=O)c1cc(C)ccc1N1CCOCC1. The maximum atomic E-state index is 13.1. The number of aryl methyl sites for hydroxylation is 1. The molecule has 150 valence electrons. The lowest BCUT2D eigenvalue weighted by molar-refractivity contribution is 0.0936. The molecule has 0 saturated carbocycles. The highest BCUT2D eigenvalue weighted by atomic mass is 35.5. The number of nitrogens with one attached hydrogen (secondary N) is 2. The first kappa shape index (κ1) is 20.4. The van der Waals surface area contributed by atoms with Gasteiger partial charge in [0.05, 0.1) is 23.8 Å². The number of anilines is 2. The Morgan fingerprint density at radius 3 is 2.75 bits per heavy atom. The van der Waals surface area contributed by atoms with Crippen molar-refractivity contribution in [2.75, 3.05) is 43.1 Å². The number of aromatic nitrogens is 1. The van der Waals surface area contributed by atoms with Gasteiger partial charge in [0, 0.05) is 37.6 Å². The van der Waals surface area contributed by atoms with Gasteiger partial charge in [-0.2, -0.15) is 0 Å². The Morgan fingerprint density at radius 2 is 2.07 bits per heavy atom. The third kappa shape index (κ3) is 5.36. The van der Waals surface area contributed by atoms with E-state index >= 15 is 0 Å². The number of carbonyl (C=O) groups is 1. The van der Waals surface area contributed by atoms with Crippen molar-refractivity contribution >= 4 is 29.0 Å². The monoisotopic (exact) mass is 402 g/mol. The molecule has 0 aliphatic carbocycles. The van der Waals surface area contributed by atoms with Crippen molar-refractivity contribution in [1.29, 1.82) is 0 Å². The Bertz CT molecular complexity index is 791. The first-order valence-electron chi connectivity index (χ1n) is 9.66. The van der Waals surface area contributed by atoms with Gasteiger partial charge in [0.25, 0.3) is 5.91 Å². The molecule has 7 heteroatoms. The molecule has 2 N–H and O–H groups in total. The molecule has 3 rings (SSSR count). The van der Waals surface area contributed by atoms with Crippen LogP contribution >= 0.6 is 11.6 Å². The third-order valence-electron chi connectivity index (χ3n) is 4.83. The van der Waals surface area contributed by atoms with Crippen LogP contribution in [0.2, 0.25) is 5.02 Å². The third-order valence-corrected chi connectivity index (χ3v) is 5.06. The molecule has 1 aromatic carbocycles. The van der Waals surface area contributed by atoms with Crippen LogP contribution in [0.25, 0.3) is 0 Å². The van der Waals surface area contributed by atoms with Crippen LogP contribution < -0.4 is 15.5 Å². The molecule has 28 heavy (non-hydrogen) atoms. The highest BCUT2D eigenvalue weighted by Crippen LogP contribution is 2.23. The van der Waals surface area contributed by atoms with E-state index in [2.05, 4.69) is 27.4 Å². The van der Waals surface area contributed by atoms with Crippen LogP contribution in [0.4, 0.5) is 11.5 Å². The van der Waals surface area contributed by atoms with Crippen molar-refractivity contribution in [1.82, 2.24) is 10.3 Å². The first-order chi connectivity index (χ1) is 13.6. The van der Waals surface area contributed by atoms with Crippen LogP contribution in [-0.4, -0.2) is 49.8 Å². The molecule has 2 aromatic rings. The van der Waals surface area contributed by atoms with Gasteiger partial charge in [-0.1, -0.05) is 30.2 Å². The summed E-state index contributed by atoms with van der Waals surface area (Å²) in [6.07, 6.45) is 2.41. The summed E-state index contributed by atoms with van der Waals surface area (Å²) in [5, 5.41) is 7.01. The van der Waals surface area contributed by atoms with Crippen molar-refractivity contribution in [3.63, 3.8) is 0 Å². The lowest BCUT2D eigenvalue weighted by atomic mass is 10.1. The topological polar surface area (TPSA) is 66.5 Å². The average Bonchev–Trinajstić information content (AvgIpc) is 2.72. The summed E-state index contributed by atoms with van der Waals surface area (Å²) in [5.74, 6) is 0.685. The Morgan fingerprint density at radius 1 is 1.29 bits per heavy atom. The lowest BCUT2D eigenvalue weighted by Crippen LogP contribution is -2.41. The van der Waals surface area contributed by atoms with Gasteiger partial charge < -0.3 is 20.3 Å². The molecule has 1 atom stereocenters. The number of halogens is 1. The van der Waals surface area contributed by atoms with E-state index in [-0.39, 0.29) is 11.9 Å². The van der Waals surface area contributed by atoms with E-state index in [1.807, 2.05) is 31.2 Å². The minimum Gasteiger partial charge on any atom is -0.378 e. The second-order valence-corrected chi connectivity index (χ2v) is 7.38. The average molecular weight is 403 g/mol. The smallest absolute Gasteiger partial charge is 0.253 e. The number of ether oxygens (including phenoxy) is 1. The molecule has 2 heterocycles. The van der Waals surface area contributed by atoms with Gasteiger partial charge in [-0.05, 0) is 37.6 Å². The first-order valence-corrected chi connectivity index (χ1v) is 10.0. The van der Waals surface area contributed by atoms with Gasteiger partial charge in [-0.3, -0.25) is 4.79 Å². The molecule has 0 radical (unpaired) electrons. The molecule has 1 aromatic heterocycles. The highest BCUT2D eigenvalue weighted by Gasteiger charge is 2.20. The zero-order chi connectivity index (χ0) is 19.9. The van der Waals surface area contributed by atoms with Crippen LogP contribution in [0.5, 0.6) is 0 Å². The Balaban J connectivity index is 1.68. The molecular weight excluding hydrogens is 376 g/mol. The molecule has 1 saturated heterocycles. The zero-order valence-electron chi connectivity index (χ0n) is 16.4. The molecule has 1 fully saturated rings. The number of rotatable bonds is 7. The van der Waals surface area contributed by atoms with E-state index in [4.69, 9.17) is 16.3 Å². The molecule has 1 unspecified atom stereocenters. The van der Waals surface area contributed by atoms with E-state index < -0.39 is 0 Å². The fraction of sp³-hybridized carbons (Fsp3) is 0.429. The van der Waals surface area contributed by atoms with Crippen molar-refractivity contribution in [3.8, 4) is 0 Å². The highest BCUT2D eigenvalue weighted by molar-refractivity contribution is 6.30. The number of morpholine rings is 1. The van der Waals surface area contributed by atoms with Gasteiger partial charge in [-0.15, -0.1) is 0 Å². The fourth-order valence-corrected chi connectivity index (χ4v) is 3.29. The Hall–Kier alpha value is -2.31. The van der Waals surface area contributed by atoms with Crippen molar-refractivity contribution < 1.29 is 9.53 Å². The quantitative estimate of drug-likeness (QED) is 0.742. The van der Waals surface area contributed by atoms with Gasteiger partial charge in [-0.25, -0.2) is 4.98 Å². The van der Waals surface area contributed by atoms with Gasteiger partial charge >= 0.3 is 0 Å². The van der Waals surface area contributed by atoms with Crippen molar-refractivity contribution in [2.24, 2.45) is 0 Å². The summed E-state index contributed by atoms with van der Waals surface area (Å²) in [7, 11) is 0. The van der Waals surface area contributed by atoms with Crippen LogP contribution in [0.15, 0.2) is 36.5 Å². The normalized spacial score (nSPS) is 15.2. The largest absolute Gasteiger partial charge is 0.378 e. The maximum Gasteiger partial charge on any atom is 0.253 e. The minimum absolute atomic E-state index is 0.0111. The van der Waals surface area contributed by atoms with Crippen LogP contribution in [0.3, 0.4) is 0 Å². The molecule has 1 aliphatic heterocycles. The van der Waals surface area contributed by atoms with Crippen molar-refractivity contribution in [2.45, 2.75) is 26.3 Å². The molecule has 1 amide bonds. The molecule has 6 nitrogen and oxygen atoms in total. The number of hydrogen-bond acceptors (Lipinski definition) is 5. The molecular formula is C21H27ClN4O2. The van der Waals surface area contributed by atoms with Crippen LogP contribution in [0.1, 0.15) is 29.3 Å². The van der Waals surface area contributed by atoms with E-state index in [0.29, 0.717) is 30.3 Å². The zero-order valence-corrected chi connectivity index (χ0v) is 17.1. The summed E-state index contributed by atoms with van der Waals surface area (Å²) in [4.78, 5) is 19.5. The minimum atomic E-state index is -0.0529. The van der Waals surface area contributed by atoms with E-state index in [0.717, 1.165) is 36.6 Å².